The fraction of sp³-hybridized carbons (Fsp3) is 0.250. The molecule has 2 N–H and O–H groups in total. The van der Waals surface area contributed by atoms with Crippen LogP contribution >= 0.6 is 0 Å². The molecule has 0 saturated carbocycles. The van der Waals surface area contributed by atoms with E-state index in [4.69, 9.17) is 4.74 Å². The van der Waals surface area contributed by atoms with Crippen molar-refractivity contribution in [3.05, 3.63) is 47.5 Å². The molecule has 0 saturated heterocycles. The molecule has 0 unspecified atom stereocenters. The number of hydrogen-bond acceptors (Lipinski definition) is 2. The zero-order chi connectivity index (χ0) is 16.8. The summed E-state index contributed by atoms with van der Waals surface area (Å²) in [5.74, 6) is 1.11. The Morgan fingerprint density at radius 3 is 2.75 bits per heavy atom. The number of aromatic amines is 1. The monoisotopic (exact) mass is 320 g/mol. The summed E-state index contributed by atoms with van der Waals surface area (Å²) in [4.78, 5) is 15.1. The first-order valence-corrected chi connectivity index (χ1v) is 8.21. The van der Waals surface area contributed by atoms with Gasteiger partial charge in [-0.25, -0.2) is 0 Å². The van der Waals surface area contributed by atoms with Gasteiger partial charge in [-0.1, -0.05) is 26.0 Å². The van der Waals surface area contributed by atoms with E-state index in [2.05, 4.69) is 54.5 Å². The number of carbonyl (C=O) groups is 1. The van der Waals surface area contributed by atoms with Crippen molar-refractivity contribution in [3.8, 4) is 17.0 Å². The SMILES string of the molecule is Cc1cc2c(c(-c3cc4ccc(C(C)C)cc4[nH]3)c1)OCC(=O)N2. The molecule has 0 aliphatic carbocycles. The van der Waals surface area contributed by atoms with Crippen LogP contribution in [-0.2, 0) is 4.79 Å². The Hall–Kier alpha value is -2.75. The van der Waals surface area contributed by atoms with Crippen LogP contribution in [0.25, 0.3) is 22.2 Å². The van der Waals surface area contributed by atoms with E-state index in [0.717, 1.165) is 33.8 Å². The highest BCUT2D eigenvalue weighted by Gasteiger charge is 2.21. The van der Waals surface area contributed by atoms with Gasteiger partial charge in [0, 0.05) is 16.5 Å². The van der Waals surface area contributed by atoms with Gasteiger partial charge in [0.25, 0.3) is 5.91 Å². The van der Waals surface area contributed by atoms with Gasteiger partial charge in [0.05, 0.1) is 11.4 Å². The van der Waals surface area contributed by atoms with Crippen LogP contribution in [0.1, 0.15) is 30.9 Å². The maximum absolute atomic E-state index is 11.6. The molecule has 0 fully saturated rings. The summed E-state index contributed by atoms with van der Waals surface area (Å²) in [7, 11) is 0. The maximum atomic E-state index is 11.6. The molecule has 1 aromatic heterocycles. The highest BCUT2D eigenvalue weighted by atomic mass is 16.5. The Kier molecular flexibility index (Phi) is 3.34. The van der Waals surface area contributed by atoms with E-state index in [-0.39, 0.29) is 12.5 Å². The summed E-state index contributed by atoms with van der Waals surface area (Å²) in [6.45, 7) is 6.46. The molecule has 4 nitrogen and oxygen atoms in total. The number of hydrogen-bond donors (Lipinski definition) is 2. The van der Waals surface area contributed by atoms with Crippen molar-refractivity contribution in [3.63, 3.8) is 0 Å². The minimum Gasteiger partial charge on any atom is -0.481 e. The lowest BCUT2D eigenvalue weighted by Gasteiger charge is -2.21. The van der Waals surface area contributed by atoms with E-state index in [1.807, 2.05) is 13.0 Å². The summed E-state index contributed by atoms with van der Waals surface area (Å²) >= 11 is 0. The van der Waals surface area contributed by atoms with Crippen molar-refractivity contribution in [1.29, 1.82) is 0 Å². The third-order valence-corrected chi connectivity index (χ3v) is 4.46. The molecule has 24 heavy (non-hydrogen) atoms. The number of benzene rings is 2. The molecule has 0 radical (unpaired) electrons. The quantitative estimate of drug-likeness (QED) is 0.725. The van der Waals surface area contributed by atoms with Crippen LogP contribution in [0.2, 0.25) is 0 Å². The zero-order valence-electron chi connectivity index (χ0n) is 14.1. The Morgan fingerprint density at radius 2 is 1.96 bits per heavy atom. The van der Waals surface area contributed by atoms with E-state index in [9.17, 15) is 4.79 Å². The summed E-state index contributed by atoms with van der Waals surface area (Å²) in [6, 6.07) is 12.7. The molecule has 122 valence electrons. The van der Waals surface area contributed by atoms with Crippen LogP contribution < -0.4 is 10.1 Å². The maximum Gasteiger partial charge on any atom is 0.262 e. The highest BCUT2D eigenvalue weighted by Crippen LogP contribution is 2.40. The van der Waals surface area contributed by atoms with Gasteiger partial charge in [0.1, 0.15) is 0 Å². The number of ether oxygens (including phenoxy) is 1. The van der Waals surface area contributed by atoms with Gasteiger partial charge in [0.15, 0.2) is 12.4 Å². The predicted octanol–water partition coefficient (Wildman–Crippen LogP) is 4.60. The first-order valence-electron chi connectivity index (χ1n) is 8.21. The summed E-state index contributed by atoms with van der Waals surface area (Å²) in [5, 5.41) is 4.06. The number of fused-ring (bicyclic) bond motifs is 2. The molecule has 0 spiro atoms. The lowest BCUT2D eigenvalue weighted by molar-refractivity contribution is -0.118. The summed E-state index contributed by atoms with van der Waals surface area (Å²) in [5.41, 5.74) is 6.23. The number of nitrogens with one attached hydrogen (secondary N) is 2. The van der Waals surface area contributed by atoms with E-state index >= 15 is 0 Å². The third-order valence-electron chi connectivity index (χ3n) is 4.46. The van der Waals surface area contributed by atoms with E-state index in [0.29, 0.717) is 5.92 Å². The molecule has 1 aliphatic heterocycles. The summed E-state index contributed by atoms with van der Waals surface area (Å²) < 4.78 is 5.70. The van der Waals surface area contributed by atoms with Crippen molar-refractivity contribution < 1.29 is 9.53 Å². The number of carbonyl (C=O) groups excluding carboxylic acids is 1. The van der Waals surface area contributed by atoms with Crippen LogP contribution in [0.5, 0.6) is 5.75 Å². The minimum absolute atomic E-state index is 0.0563. The molecule has 2 heterocycles. The molecular weight excluding hydrogens is 300 g/mol. The van der Waals surface area contributed by atoms with Crippen LogP contribution in [0.15, 0.2) is 36.4 Å². The molecule has 3 aromatic rings. The Labute approximate surface area is 140 Å². The number of rotatable bonds is 2. The van der Waals surface area contributed by atoms with Crippen LogP contribution in [0.3, 0.4) is 0 Å². The minimum atomic E-state index is -0.114. The van der Waals surface area contributed by atoms with Gasteiger partial charge < -0.3 is 15.0 Å². The fourth-order valence-corrected chi connectivity index (χ4v) is 3.19. The molecule has 1 amide bonds. The Bertz CT molecular complexity index is 954. The second-order valence-electron chi connectivity index (χ2n) is 6.71. The zero-order valence-corrected chi connectivity index (χ0v) is 14.1. The van der Waals surface area contributed by atoms with Gasteiger partial charge in [-0.3, -0.25) is 4.79 Å². The molecule has 1 aliphatic rings. The number of aromatic nitrogens is 1. The smallest absolute Gasteiger partial charge is 0.262 e. The third kappa shape index (κ3) is 2.44. The highest BCUT2D eigenvalue weighted by molar-refractivity contribution is 5.98. The number of aryl methyl sites for hydroxylation is 1. The van der Waals surface area contributed by atoms with Gasteiger partial charge in [-0.05, 0) is 48.2 Å². The van der Waals surface area contributed by atoms with Crippen molar-refractivity contribution in [2.45, 2.75) is 26.7 Å². The number of H-pyrrole nitrogens is 1. The first-order chi connectivity index (χ1) is 11.5. The van der Waals surface area contributed by atoms with Gasteiger partial charge in [-0.2, -0.15) is 0 Å². The molecule has 2 aromatic carbocycles. The predicted molar refractivity (Wildman–Crippen MR) is 96.7 cm³/mol. The summed E-state index contributed by atoms with van der Waals surface area (Å²) in [6.07, 6.45) is 0. The van der Waals surface area contributed by atoms with Gasteiger partial charge >= 0.3 is 0 Å². The normalized spacial score (nSPS) is 13.8. The van der Waals surface area contributed by atoms with E-state index in [1.165, 1.54) is 10.9 Å². The Balaban J connectivity index is 1.87. The fourth-order valence-electron chi connectivity index (χ4n) is 3.19. The van der Waals surface area contributed by atoms with Crippen molar-refractivity contribution in [2.75, 3.05) is 11.9 Å². The van der Waals surface area contributed by atoms with Gasteiger partial charge in [0.2, 0.25) is 0 Å². The Morgan fingerprint density at radius 1 is 1.12 bits per heavy atom. The van der Waals surface area contributed by atoms with Gasteiger partial charge in [-0.15, -0.1) is 0 Å². The lowest BCUT2D eigenvalue weighted by Crippen LogP contribution is -2.25. The molecule has 4 heteroatoms. The van der Waals surface area contributed by atoms with Crippen molar-refractivity contribution in [2.24, 2.45) is 0 Å². The molecular formula is C20H20N2O2. The van der Waals surface area contributed by atoms with Crippen molar-refractivity contribution in [1.82, 2.24) is 4.98 Å². The number of amides is 1. The second kappa shape index (κ2) is 5.41. The van der Waals surface area contributed by atoms with Crippen LogP contribution in [0.4, 0.5) is 5.69 Å². The topological polar surface area (TPSA) is 54.1 Å². The van der Waals surface area contributed by atoms with E-state index < -0.39 is 0 Å². The molecule has 0 atom stereocenters. The van der Waals surface area contributed by atoms with Crippen molar-refractivity contribution >= 4 is 22.5 Å². The molecule has 4 rings (SSSR count). The standard InChI is InChI=1S/C20H20N2O2/c1-11(2)13-4-5-14-9-17(21-16(14)8-13)15-6-12(3)7-18-20(15)24-10-19(23)22-18/h4-9,11,21H,10H2,1-3H3,(H,22,23). The molecule has 0 bridgehead atoms. The average Bonchev–Trinajstić information content (AvgIpc) is 2.96. The van der Waals surface area contributed by atoms with E-state index in [1.54, 1.807) is 0 Å². The second-order valence-corrected chi connectivity index (χ2v) is 6.71. The lowest BCUT2D eigenvalue weighted by atomic mass is 10.0. The number of anilines is 1. The van der Waals surface area contributed by atoms with Crippen LogP contribution in [-0.4, -0.2) is 17.5 Å². The average molecular weight is 320 g/mol. The first kappa shape index (κ1) is 14.8. The van der Waals surface area contributed by atoms with Crippen LogP contribution in [0, 0.1) is 6.92 Å². The largest absolute Gasteiger partial charge is 0.481 e.